The maximum Gasteiger partial charge on any atom is 0.171 e. The molecule has 0 unspecified atom stereocenters. The second kappa shape index (κ2) is 4.98. The van der Waals surface area contributed by atoms with Crippen molar-refractivity contribution in [2.75, 3.05) is 7.11 Å². The van der Waals surface area contributed by atoms with Crippen LogP contribution in [0.15, 0.2) is 0 Å². The van der Waals surface area contributed by atoms with Gasteiger partial charge in [0.15, 0.2) is 5.78 Å². The minimum absolute atomic E-state index is 0.101. The number of aromatic nitrogens is 1. The molecule has 1 aliphatic rings. The van der Waals surface area contributed by atoms with Crippen molar-refractivity contribution in [3.63, 3.8) is 0 Å². The molecule has 0 aliphatic heterocycles. The molecule has 0 aromatic carbocycles. The molecule has 0 radical (unpaired) electrons. The van der Waals surface area contributed by atoms with E-state index >= 15 is 0 Å². The third-order valence-corrected chi connectivity index (χ3v) is 5.75. The standard InChI is InChI=1S/C15H23NO2S/c1-10-12(11(2)17)19-13(16-10)15(18-5)8-6-14(3,4)7-9-15/h6-9H2,1-5H3. The quantitative estimate of drug-likeness (QED) is 0.783. The Labute approximate surface area is 119 Å². The Balaban J connectivity index is 2.32. The van der Waals surface area contributed by atoms with Gasteiger partial charge in [0.05, 0.1) is 10.6 Å². The molecule has 0 N–H and O–H groups in total. The topological polar surface area (TPSA) is 39.2 Å². The summed E-state index contributed by atoms with van der Waals surface area (Å²) in [6.07, 6.45) is 4.24. The van der Waals surface area contributed by atoms with Gasteiger partial charge in [-0.15, -0.1) is 11.3 Å². The van der Waals surface area contributed by atoms with Gasteiger partial charge in [-0.2, -0.15) is 0 Å². The lowest BCUT2D eigenvalue weighted by Gasteiger charge is -2.41. The van der Waals surface area contributed by atoms with E-state index < -0.39 is 0 Å². The van der Waals surface area contributed by atoms with Crippen LogP contribution < -0.4 is 0 Å². The van der Waals surface area contributed by atoms with E-state index in [0.29, 0.717) is 5.41 Å². The predicted octanol–water partition coefficient (Wildman–Crippen LogP) is 4.10. The Bertz CT molecular complexity index is 480. The molecule has 1 aliphatic carbocycles. The summed E-state index contributed by atoms with van der Waals surface area (Å²) in [4.78, 5) is 17.0. The first-order chi connectivity index (χ1) is 8.80. The number of carbonyl (C=O) groups excluding carboxylic acids is 1. The predicted molar refractivity (Wildman–Crippen MR) is 77.8 cm³/mol. The maximum atomic E-state index is 11.6. The highest BCUT2D eigenvalue weighted by molar-refractivity contribution is 7.14. The van der Waals surface area contributed by atoms with E-state index in [2.05, 4.69) is 18.8 Å². The lowest BCUT2D eigenvalue weighted by molar-refractivity contribution is -0.0668. The first-order valence-electron chi connectivity index (χ1n) is 6.84. The van der Waals surface area contributed by atoms with Crippen LogP contribution in [0, 0.1) is 12.3 Å². The van der Waals surface area contributed by atoms with Crippen molar-refractivity contribution in [3.05, 3.63) is 15.6 Å². The third kappa shape index (κ3) is 2.75. The lowest BCUT2D eigenvalue weighted by atomic mass is 9.71. The molecule has 1 saturated carbocycles. The van der Waals surface area contributed by atoms with Crippen molar-refractivity contribution in [3.8, 4) is 0 Å². The first-order valence-corrected chi connectivity index (χ1v) is 7.65. The van der Waals surface area contributed by atoms with Gasteiger partial charge in [0.2, 0.25) is 0 Å². The number of methoxy groups -OCH3 is 1. The van der Waals surface area contributed by atoms with Gasteiger partial charge in [-0.25, -0.2) is 4.98 Å². The van der Waals surface area contributed by atoms with Crippen molar-refractivity contribution in [1.29, 1.82) is 0 Å². The molecule has 1 aromatic heterocycles. The van der Waals surface area contributed by atoms with Gasteiger partial charge in [0.25, 0.3) is 0 Å². The Hall–Kier alpha value is -0.740. The van der Waals surface area contributed by atoms with E-state index in [1.165, 1.54) is 11.3 Å². The summed E-state index contributed by atoms with van der Waals surface area (Å²) in [6, 6.07) is 0. The fourth-order valence-electron chi connectivity index (χ4n) is 2.75. The second-order valence-corrected chi connectivity index (χ2v) is 7.35. The SMILES string of the molecule is COC1(c2nc(C)c(C(C)=O)s2)CCC(C)(C)CC1. The number of thiazole rings is 1. The normalized spacial score (nSPS) is 21.3. The van der Waals surface area contributed by atoms with E-state index in [9.17, 15) is 4.79 Å². The number of hydrogen-bond donors (Lipinski definition) is 0. The van der Waals surface area contributed by atoms with E-state index in [1.54, 1.807) is 14.0 Å². The van der Waals surface area contributed by atoms with Crippen molar-refractivity contribution >= 4 is 17.1 Å². The summed E-state index contributed by atoms with van der Waals surface area (Å²) in [6.45, 7) is 8.13. The van der Waals surface area contributed by atoms with Gasteiger partial charge in [-0.05, 0) is 38.0 Å². The minimum Gasteiger partial charge on any atom is -0.371 e. The summed E-state index contributed by atoms with van der Waals surface area (Å²) in [5.41, 5.74) is 0.949. The summed E-state index contributed by atoms with van der Waals surface area (Å²) in [5, 5.41) is 0.980. The lowest BCUT2D eigenvalue weighted by Crippen LogP contribution is -2.36. The fourth-order valence-corrected chi connectivity index (χ4v) is 3.94. The number of nitrogens with zero attached hydrogens (tertiary/aromatic N) is 1. The van der Waals surface area contributed by atoms with Crippen LogP contribution in [0.3, 0.4) is 0 Å². The Morgan fingerprint density at radius 3 is 2.26 bits per heavy atom. The molecule has 0 bridgehead atoms. The van der Waals surface area contributed by atoms with Crippen LogP contribution in [0.2, 0.25) is 0 Å². The van der Waals surface area contributed by atoms with Crippen molar-refractivity contribution in [2.24, 2.45) is 5.41 Å². The highest BCUT2D eigenvalue weighted by atomic mass is 32.1. The molecule has 4 heteroatoms. The first kappa shape index (κ1) is 14.7. The van der Waals surface area contributed by atoms with Crippen LogP contribution in [0.1, 0.15) is 66.8 Å². The van der Waals surface area contributed by atoms with E-state index in [-0.39, 0.29) is 11.4 Å². The van der Waals surface area contributed by atoms with Crippen molar-refractivity contribution < 1.29 is 9.53 Å². The van der Waals surface area contributed by atoms with E-state index in [0.717, 1.165) is 41.3 Å². The molecule has 3 nitrogen and oxygen atoms in total. The molecule has 106 valence electrons. The van der Waals surface area contributed by atoms with Gasteiger partial charge >= 0.3 is 0 Å². The van der Waals surface area contributed by atoms with Crippen molar-refractivity contribution in [1.82, 2.24) is 4.98 Å². The molecule has 0 amide bonds. The zero-order chi connectivity index (χ0) is 14.3. The smallest absolute Gasteiger partial charge is 0.171 e. The number of ketones is 1. The minimum atomic E-state index is -0.279. The van der Waals surface area contributed by atoms with Crippen LogP contribution >= 0.6 is 11.3 Å². The molecule has 2 rings (SSSR count). The number of ether oxygens (including phenoxy) is 1. The molecule has 1 fully saturated rings. The average molecular weight is 281 g/mol. The number of rotatable bonds is 3. The Morgan fingerprint density at radius 2 is 1.84 bits per heavy atom. The highest BCUT2D eigenvalue weighted by Gasteiger charge is 2.42. The van der Waals surface area contributed by atoms with Gasteiger partial charge in [-0.3, -0.25) is 4.79 Å². The summed E-state index contributed by atoms with van der Waals surface area (Å²) in [5.74, 6) is 0.101. The molecule has 19 heavy (non-hydrogen) atoms. The number of carbonyl (C=O) groups is 1. The zero-order valence-corrected chi connectivity index (χ0v) is 13.3. The summed E-state index contributed by atoms with van der Waals surface area (Å²) < 4.78 is 5.84. The largest absolute Gasteiger partial charge is 0.371 e. The van der Waals surface area contributed by atoms with E-state index in [1.807, 2.05) is 6.92 Å². The average Bonchev–Trinajstić information content (AvgIpc) is 2.73. The molecule has 1 aromatic rings. The van der Waals surface area contributed by atoms with Gasteiger partial charge in [0, 0.05) is 14.0 Å². The van der Waals surface area contributed by atoms with Crippen LogP contribution in [-0.4, -0.2) is 17.9 Å². The zero-order valence-electron chi connectivity index (χ0n) is 12.5. The third-order valence-electron chi connectivity index (χ3n) is 4.31. The van der Waals surface area contributed by atoms with Crippen LogP contribution in [0.5, 0.6) is 0 Å². The Kier molecular flexibility index (Phi) is 3.85. The van der Waals surface area contributed by atoms with Crippen molar-refractivity contribution in [2.45, 2.75) is 59.0 Å². The maximum absolute atomic E-state index is 11.6. The van der Waals surface area contributed by atoms with E-state index in [4.69, 9.17) is 4.74 Å². The van der Waals surface area contributed by atoms with Crippen LogP contribution in [0.4, 0.5) is 0 Å². The molecule has 0 saturated heterocycles. The molecule has 0 spiro atoms. The monoisotopic (exact) mass is 281 g/mol. The number of Topliss-reactive ketones (excluding diaryl/α,β-unsaturated/α-hetero) is 1. The van der Waals surface area contributed by atoms with Crippen LogP contribution in [0.25, 0.3) is 0 Å². The number of aryl methyl sites for hydroxylation is 1. The molecule has 1 heterocycles. The molecular weight excluding hydrogens is 258 g/mol. The Morgan fingerprint density at radius 1 is 1.26 bits per heavy atom. The molecule has 0 atom stereocenters. The summed E-state index contributed by atoms with van der Waals surface area (Å²) >= 11 is 1.51. The van der Waals surface area contributed by atoms with Gasteiger partial charge < -0.3 is 4.74 Å². The highest BCUT2D eigenvalue weighted by Crippen LogP contribution is 2.48. The number of hydrogen-bond acceptors (Lipinski definition) is 4. The summed E-state index contributed by atoms with van der Waals surface area (Å²) in [7, 11) is 1.77. The second-order valence-electron chi connectivity index (χ2n) is 6.35. The van der Waals surface area contributed by atoms with Gasteiger partial charge in [-0.1, -0.05) is 13.8 Å². The van der Waals surface area contributed by atoms with Crippen LogP contribution in [-0.2, 0) is 10.3 Å². The molecular formula is C15H23NO2S. The van der Waals surface area contributed by atoms with Gasteiger partial charge in [0.1, 0.15) is 10.6 Å². The fraction of sp³-hybridized carbons (Fsp3) is 0.733.